The molecule has 6 heteroatoms. The van der Waals surface area contributed by atoms with E-state index in [-0.39, 0.29) is 4.90 Å². The van der Waals surface area contributed by atoms with Crippen molar-refractivity contribution in [2.75, 3.05) is 17.1 Å². The van der Waals surface area contributed by atoms with Crippen molar-refractivity contribution in [3.63, 3.8) is 0 Å². The Morgan fingerprint density at radius 1 is 0.821 bits per heavy atom. The van der Waals surface area contributed by atoms with E-state index in [0.29, 0.717) is 17.1 Å². The van der Waals surface area contributed by atoms with Crippen LogP contribution in [0, 0.1) is 20.8 Å². The van der Waals surface area contributed by atoms with Gasteiger partial charge >= 0.3 is 0 Å². The molecule has 146 valence electrons. The van der Waals surface area contributed by atoms with Crippen LogP contribution in [-0.4, -0.2) is 15.5 Å². The Bertz CT molecular complexity index is 1090. The molecular weight excluding hydrogens is 372 g/mol. The van der Waals surface area contributed by atoms with Crippen molar-refractivity contribution in [3.8, 4) is 5.75 Å². The van der Waals surface area contributed by atoms with E-state index in [2.05, 4.69) is 10.0 Å². The number of methoxy groups -OCH3 is 1. The van der Waals surface area contributed by atoms with Crippen LogP contribution in [0.2, 0.25) is 0 Å². The maximum absolute atomic E-state index is 13.1. The average molecular weight is 397 g/mol. The normalized spacial score (nSPS) is 11.1. The van der Waals surface area contributed by atoms with Gasteiger partial charge in [-0.1, -0.05) is 29.8 Å². The van der Waals surface area contributed by atoms with Crippen LogP contribution in [0.4, 0.5) is 17.1 Å². The Hall–Kier alpha value is -2.99. The molecule has 3 rings (SSSR count). The van der Waals surface area contributed by atoms with Crippen LogP contribution in [0.5, 0.6) is 5.75 Å². The zero-order valence-corrected chi connectivity index (χ0v) is 17.2. The van der Waals surface area contributed by atoms with Gasteiger partial charge in [0.2, 0.25) is 0 Å². The molecule has 0 radical (unpaired) electrons. The van der Waals surface area contributed by atoms with Crippen LogP contribution in [0.3, 0.4) is 0 Å². The second-order valence-corrected chi connectivity index (χ2v) is 8.38. The summed E-state index contributed by atoms with van der Waals surface area (Å²) in [6.07, 6.45) is 0. The Morgan fingerprint density at radius 2 is 1.43 bits per heavy atom. The van der Waals surface area contributed by atoms with Crippen LogP contribution in [0.15, 0.2) is 65.6 Å². The highest BCUT2D eigenvalue weighted by molar-refractivity contribution is 7.92. The lowest BCUT2D eigenvalue weighted by molar-refractivity contribution is 0.402. The Balaban J connectivity index is 1.95. The summed E-state index contributed by atoms with van der Waals surface area (Å²) in [7, 11) is -2.36. The molecule has 0 aliphatic heterocycles. The van der Waals surface area contributed by atoms with E-state index in [1.165, 1.54) is 7.11 Å². The summed E-state index contributed by atoms with van der Waals surface area (Å²) < 4.78 is 34.1. The van der Waals surface area contributed by atoms with E-state index in [1.54, 1.807) is 24.3 Å². The third kappa shape index (κ3) is 4.28. The third-order valence-electron chi connectivity index (χ3n) is 4.57. The summed E-state index contributed by atoms with van der Waals surface area (Å²) in [4.78, 5) is 0.114. The summed E-state index contributed by atoms with van der Waals surface area (Å²) in [6.45, 7) is 5.81. The topological polar surface area (TPSA) is 67.4 Å². The molecule has 0 saturated heterocycles. The van der Waals surface area contributed by atoms with Crippen LogP contribution in [-0.2, 0) is 10.0 Å². The summed E-state index contributed by atoms with van der Waals surface area (Å²) in [6, 6.07) is 18.5. The summed E-state index contributed by atoms with van der Waals surface area (Å²) >= 11 is 0. The van der Waals surface area contributed by atoms with Gasteiger partial charge < -0.3 is 10.1 Å². The number of benzene rings is 3. The van der Waals surface area contributed by atoms with Gasteiger partial charge in [-0.25, -0.2) is 8.42 Å². The van der Waals surface area contributed by atoms with Gasteiger partial charge in [-0.15, -0.1) is 0 Å². The predicted molar refractivity (Wildman–Crippen MR) is 114 cm³/mol. The van der Waals surface area contributed by atoms with Crippen molar-refractivity contribution < 1.29 is 13.2 Å². The predicted octanol–water partition coefficient (Wildman–Crippen LogP) is 5.16. The zero-order valence-electron chi connectivity index (χ0n) is 16.4. The van der Waals surface area contributed by atoms with Crippen molar-refractivity contribution in [1.29, 1.82) is 0 Å². The zero-order chi connectivity index (χ0) is 20.3. The molecule has 0 aromatic heterocycles. The molecule has 0 spiro atoms. The fraction of sp³-hybridized carbons (Fsp3) is 0.182. The molecule has 0 heterocycles. The minimum atomic E-state index is -3.83. The highest BCUT2D eigenvalue weighted by Gasteiger charge is 2.22. The Morgan fingerprint density at radius 3 is 2.07 bits per heavy atom. The molecule has 0 saturated carbocycles. The lowest BCUT2D eigenvalue weighted by Crippen LogP contribution is -2.15. The first-order valence-corrected chi connectivity index (χ1v) is 10.4. The standard InChI is InChI=1S/C22H24N2O3S/c1-15-9-11-18(12-10-15)23-19-7-5-6-8-20(19)24-28(25,26)22-14-17(3)16(2)13-21(22)27-4/h5-14,23-24H,1-4H3. The van der Waals surface area contributed by atoms with Crippen molar-refractivity contribution in [1.82, 2.24) is 0 Å². The van der Waals surface area contributed by atoms with Gasteiger partial charge in [0.05, 0.1) is 18.5 Å². The smallest absolute Gasteiger partial charge is 0.265 e. The minimum Gasteiger partial charge on any atom is -0.495 e. The molecule has 3 aromatic rings. The summed E-state index contributed by atoms with van der Waals surface area (Å²) in [5.41, 5.74) is 5.01. The molecule has 0 atom stereocenters. The lowest BCUT2D eigenvalue weighted by atomic mass is 10.1. The number of hydrogen-bond acceptors (Lipinski definition) is 4. The Labute approximate surface area is 166 Å². The Kier molecular flexibility index (Phi) is 5.61. The van der Waals surface area contributed by atoms with Crippen molar-refractivity contribution in [3.05, 3.63) is 77.4 Å². The molecule has 2 N–H and O–H groups in total. The monoisotopic (exact) mass is 396 g/mol. The fourth-order valence-corrected chi connectivity index (χ4v) is 4.12. The van der Waals surface area contributed by atoms with Crippen LogP contribution >= 0.6 is 0 Å². The minimum absolute atomic E-state index is 0.114. The van der Waals surface area contributed by atoms with E-state index in [9.17, 15) is 8.42 Å². The first kappa shape index (κ1) is 19.8. The molecular formula is C22H24N2O3S. The highest BCUT2D eigenvalue weighted by atomic mass is 32.2. The molecule has 5 nitrogen and oxygen atoms in total. The lowest BCUT2D eigenvalue weighted by Gasteiger charge is -2.16. The third-order valence-corrected chi connectivity index (χ3v) is 5.96. The van der Waals surface area contributed by atoms with Crippen LogP contribution in [0.1, 0.15) is 16.7 Å². The molecule has 0 aliphatic rings. The first-order valence-electron chi connectivity index (χ1n) is 8.91. The van der Waals surface area contributed by atoms with E-state index in [4.69, 9.17) is 4.74 Å². The van der Waals surface area contributed by atoms with E-state index >= 15 is 0 Å². The second kappa shape index (κ2) is 7.94. The number of hydrogen-bond donors (Lipinski definition) is 2. The van der Waals surface area contributed by atoms with E-state index < -0.39 is 10.0 Å². The molecule has 0 bridgehead atoms. The number of rotatable bonds is 6. The number of para-hydroxylation sites is 2. The van der Waals surface area contributed by atoms with Crippen molar-refractivity contribution in [2.24, 2.45) is 0 Å². The summed E-state index contributed by atoms with van der Waals surface area (Å²) in [5, 5.41) is 3.26. The number of sulfonamides is 1. The fourth-order valence-electron chi connectivity index (χ4n) is 2.81. The molecule has 28 heavy (non-hydrogen) atoms. The van der Waals surface area contributed by atoms with Crippen LogP contribution < -0.4 is 14.8 Å². The molecule has 0 aliphatic carbocycles. The molecule has 0 unspecified atom stereocenters. The van der Waals surface area contributed by atoms with E-state index in [1.807, 2.05) is 57.2 Å². The van der Waals surface area contributed by atoms with Crippen molar-refractivity contribution >= 4 is 27.1 Å². The average Bonchev–Trinajstić information content (AvgIpc) is 2.66. The number of anilines is 3. The molecule has 0 amide bonds. The number of nitrogens with one attached hydrogen (secondary N) is 2. The maximum atomic E-state index is 13.1. The quantitative estimate of drug-likeness (QED) is 0.604. The van der Waals surface area contributed by atoms with Gasteiger partial charge in [0.25, 0.3) is 10.0 Å². The maximum Gasteiger partial charge on any atom is 0.265 e. The SMILES string of the molecule is COc1cc(C)c(C)cc1S(=O)(=O)Nc1ccccc1Nc1ccc(C)cc1. The summed E-state index contributed by atoms with van der Waals surface area (Å²) in [5.74, 6) is 0.319. The number of ether oxygens (including phenoxy) is 1. The highest BCUT2D eigenvalue weighted by Crippen LogP contribution is 2.32. The molecule has 3 aromatic carbocycles. The number of aryl methyl sites for hydroxylation is 3. The largest absolute Gasteiger partial charge is 0.495 e. The second-order valence-electron chi connectivity index (χ2n) is 6.73. The first-order chi connectivity index (χ1) is 13.3. The van der Waals surface area contributed by atoms with E-state index in [0.717, 1.165) is 22.4 Å². The van der Waals surface area contributed by atoms with Crippen LogP contribution in [0.25, 0.3) is 0 Å². The molecule has 0 fully saturated rings. The van der Waals surface area contributed by atoms with Gasteiger partial charge in [0.1, 0.15) is 10.6 Å². The van der Waals surface area contributed by atoms with Gasteiger partial charge in [0, 0.05) is 5.69 Å². The van der Waals surface area contributed by atoms with Gasteiger partial charge in [0.15, 0.2) is 0 Å². The van der Waals surface area contributed by atoms with Gasteiger partial charge in [-0.2, -0.15) is 0 Å². The van der Waals surface area contributed by atoms with Gasteiger partial charge in [-0.05, 0) is 68.3 Å². The van der Waals surface area contributed by atoms with Crippen molar-refractivity contribution in [2.45, 2.75) is 25.7 Å². The van der Waals surface area contributed by atoms with Gasteiger partial charge in [-0.3, -0.25) is 4.72 Å².